The summed E-state index contributed by atoms with van der Waals surface area (Å²) in [5.74, 6) is 0.480. The SMILES string of the molecule is CCc1ccc(S(=O)(=O)N2CCCC(Oc3ccncn3)C2)s1. The number of rotatable bonds is 5. The van der Waals surface area contributed by atoms with Gasteiger partial charge in [-0.15, -0.1) is 11.3 Å². The van der Waals surface area contributed by atoms with Gasteiger partial charge in [-0.1, -0.05) is 6.92 Å². The third-order valence-corrected chi connectivity index (χ3v) is 7.32. The monoisotopic (exact) mass is 353 g/mol. The van der Waals surface area contributed by atoms with E-state index in [1.807, 2.05) is 13.0 Å². The number of hydrogen-bond donors (Lipinski definition) is 0. The topological polar surface area (TPSA) is 72.4 Å². The molecule has 1 atom stereocenters. The zero-order valence-electron chi connectivity index (χ0n) is 12.9. The molecule has 23 heavy (non-hydrogen) atoms. The van der Waals surface area contributed by atoms with Gasteiger partial charge in [0, 0.05) is 23.7 Å². The molecule has 0 spiro atoms. The molecule has 2 aromatic rings. The highest BCUT2D eigenvalue weighted by Gasteiger charge is 2.32. The van der Waals surface area contributed by atoms with Crippen molar-refractivity contribution in [3.05, 3.63) is 35.6 Å². The normalized spacial score (nSPS) is 19.6. The standard InChI is InChI=1S/C15H19N3O3S2/c1-2-13-5-6-15(22-13)23(19,20)18-9-3-4-12(10-18)21-14-7-8-16-11-17-14/h5-8,11-12H,2-4,9-10H2,1H3. The van der Waals surface area contributed by atoms with Crippen LogP contribution in [0.4, 0.5) is 0 Å². The minimum atomic E-state index is -3.44. The first-order chi connectivity index (χ1) is 11.1. The van der Waals surface area contributed by atoms with Gasteiger partial charge in [0.05, 0.1) is 6.54 Å². The number of ether oxygens (including phenoxy) is 1. The predicted molar refractivity (Wildman–Crippen MR) is 88.1 cm³/mol. The van der Waals surface area contributed by atoms with Crippen LogP contribution in [0.1, 0.15) is 24.6 Å². The molecule has 1 aliphatic rings. The summed E-state index contributed by atoms with van der Waals surface area (Å²) < 4.78 is 33.3. The lowest BCUT2D eigenvalue weighted by atomic mass is 10.1. The third-order valence-electron chi connectivity index (χ3n) is 3.76. The number of aryl methyl sites for hydroxylation is 1. The highest BCUT2D eigenvalue weighted by atomic mass is 32.2. The number of thiophene rings is 1. The molecular formula is C15H19N3O3S2. The second-order valence-electron chi connectivity index (χ2n) is 5.37. The molecule has 0 amide bonds. The summed E-state index contributed by atoms with van der Waals surface area (Å²) in [5, 5.41) is 0. The van der Waals surface area contributed by atoms with Gasteiger partial charge in [-0.05, 0) is 31.4 Å². The van der Waals surface area contributed by atoms with Crippen LogP contribution >= 0.6 is 11.3 Å². The van der Waals surface area contributed by atoms with Crippen molar-refractivity contribution in [3.63, 3.8) is 0 Å². The molecule has 0 aliphatic carbocycles. The van der Waals surface area contributed by atoms with E-state index in [1.165, 1.54) is 22.0 Å². The van der Waals surface area contributed by atoms with Crippen molar-refractivity contribution in [2.75, 3.05) is 13.1 Å². The van der Waals surface area contributed by atoms with E-state index in [4.69, 9.17) is 4.74 Å². The highest BCUT2D eigenvalue weighted by molar-refractivity contribution is 7.91. The molecule has 1 unspecified atom stereocenters. The van der Waals surface area contributed by atoms with Gasteiger partial charge in [0.2, 0.25) is 5.88 Å². The first-order valence-corrected chi connectivity index (χ1v) is 9.87. The summed E-state index contributed by atoms with van der Waals surface area (Å²) in [5.41, 5.74) is 0. The van der Waals surface area contributed by atoms with Gasteiger partial charge in [0.25, 0.3) is 10.0 Å². The minimum absolute atomic E-state index is 0.181. The molecule has 2 aromatic heterocycles. The Bertz CT molecular complexity index is 746. The second-order valence-corrected chi connectivity index (χ2v) is 8.70. The van der Waals surface area contributed by atoms with Gasteiger partial charge in [0.1, 0.15) is 16.6 Å². The Kier molecular flexibility index (Phi) is 4.93. The Morgan fingerprint density at radius 1 is 1.39 bits per heavy atom. The smallest absolute Gasteiger partial charge is 0.252 e. The highest BCUT2D eigenvalue weighted by Crippen LogP contribution is 2.28. The van der Waals surface area contributed by atoms with E-state index in [2.05, 4.69) is 9.97 Å². The van der Waals surface area contributed by atoms with Gasteiger partial charge in [-0.3, -0.25) is 0 Å². The summed E-state index contributed by atoms with van der Waals surface area (Å²) in [4.78, 5) is 8.96. The molecule has 0 aromatic carbocycles. The summed E-state index contributed by atoms with van der Waals surface area (Å²) in [6.45, 7) is 2.91. The van der Waals surface area contributed by atoms with Gasteiger partial charge in [-0.25, -0.2) is 18.4 Å². The van der Waals surface area contributed by atoms with Crippen LogP contribution in [0.3, 0.4) is 0 Å². The second kappa shape index (κ2) is 6.94. The lowest BCUT2D eigenvalue weighted by molar-refractivity contribution is 0.124. The number of aromatic nitrogens is 2. The molecule has 0 radical (unpaired) electrons. The van der Waals surface area contributed by atoms with Gasteiger partial charge in [-0.2, -0.15) is 4.31 Å². The van der Waals surface area contributed by atoms with E-state index in [1.54, 1.807) is 18.3 Å². The van der Waals surface area contributed by atoms with E-state index in [-0.39, 0.29) is 6.10 Å². The zero-order chi connectivity index (χ0) is 16.3. The van der Waals surface area contributed by atoms with Gasteiger partial charge >= 0.3 is 0 Å². The quantitative estimate of drug-likeness (QED) is 0.825. The van der Waals surface area contributed by atoms with Gasteiger partial charge < -0.3 is 4.74 Å². The number of hydrogen-bond acceptors (Lipinski definition) is 6. The summed E-state index contributed by atoms with van der Waals surface area (Å²) in [7, 11) is -3.44. The predicted octanol–water partition coefficient (Wildman–Crippen LogP) is 2.33. The molecule has 3 heterocycles. The minimum Gasteiger partial charge on any atom is -0.473 e. The first kappa shape index (κ1) is 16.4. The molecule has 3 rings (SSSR count). The molecular weight excluding hydrogens is 334 g/mol. The number of nitrogens with zero attached hydrogens (tertiary/aromatic N) is 3. The van der Waals surface area contributed by atoms with E-state index in [0.29, 0.717) is 23.2 Å². The van der Waals surface area contributed by atoms with Crippen LogP contribution in [-0.4, -0.2) is 41.9 Å². The van der Waals surface area contributed by atoms with Crippen molar-refractivity contribution in [2.45, 2.75) is 36.5 Å². The van der Waals surface area contributed by atoms with Crippen LogP contribution < -0.4 is 4.74 Å². The van der Waals surface area contributed by atoms with Crippen LogP contribution in [0.25, 0.3) is 0 Å². The first-order valence-electron chi connectivity index (χ1n) is 7.61. The van der Waals surface area contributed by atoms with E-state index < -0.39 is 10.0 Å². The zero-order valence-corrected chi connectivity index (χ0v) is 14.5. The Balaban J connectivity index is 1.72. The summed E-state index contributed by atoms with van der Waals surface area (Å²) in [6, 6.07) is 5.27. The fourth-order valence-electron chi connectivity index (χ4n) is 2.55. The van der Waals surface area contributed by atoms with Crippen LogP contribution in [-0.2, 0) is 16.4 Å². The Morgan fingerprint density at radius 2 is 2.26 bits per heavy atom. The van der Waals surface area contributed by atoms with Crippen LogP contribution in [0.2, 0.25) is 0 Å². The molecule has 6 nitrogen and oxygen atoms in total. The van der Waals surface area contributed by atoms with Gasteiger partial charge in [0.15, 0.2) is 0 Å². The van der Waals surface area contributed by atoms with Crippen molar-refractivity contribution in [2.24, 2.45) is 0 Å². The molecule has 124 valence electrons. The summed E-state index contributed by atoms with van der Waals surface area (Å²) in [6.07, 6.45) is 5.29. The van der Waals surface area contributed by atoms with Crippen LogP contribution in [0, 0.1) is 0 Å². The molecule has 1 fully saturated rings. The average molecular weight is 353 g/mol. The Morgan fingerprint density at radius 3 is 2.96 bits per heavy atom. The fourth-order valence-corrected chi connectivity index (χ4v) is 5.51. The summed E-state index contributed by atoms with van der Waals surface area (Å²) >= 11 is 1.35. The fraction of sp³-hybridized carbons (Fsp3) is 0.467. The number of piperidine rings is 1. The molecule has 0 N–H and O–H groups in total. The van der Waals surface area contributed by atoms with Crippen LogP contribution in [0.15, 0.2) is 34.9 Å². The molecule has 8 heteroatoms. The lowest BCUT2D eigenvalue weighted by Gasteiger charge is -2.31. The maximum atomic E-state index is 12.8. The van der Waals surface area contributed by atoms with Crippen molar-refractivity contribution >= 4 is 21.4 Å². The maximum Gasteiger partial charge on any atom is 0.252 e. The van der Waals surface area contributed by atoms with Crippen molar-refractivity contribution in [1.29, 1.82) is 0 Å². The number of sulfonamides is 1. The van der Waals surface area contributed by atoms with Crippen molar-refractivity contribution in [3.8, 4) is 5.88 Å². The van der Waals surface area contributed by atoms with Crippen molar-refractivity contribution in [1.82, 2.24) is 14.3 Å². The molecule has 0 bridgehead atoms. The largest absolute Gasteiger partial charge is 0.473 e. The Labute approximate surface area is 140 Å². The molecule has 0 saturated carbocycles. The van der Waals surface area contributed by atoms with E-state index >= 15 is 0 Å². The van der Waals surface area contributed by atoms with E-state index in [9.17, 15) is 8.42 Å². The maximum absolute atomic E-state index is 12.8. The Hall–Kier alpha value is -1.51. The molecule has 1 aliphatic heterocycles. The average Bonchev–Trinajstić information content (AvgIpc) is 3.06. The molecule has 1 saturated heterocycles. The third kappa shape index (κ3) is 3.70. The van der Waals surface area contributed by atoms with Crippen molar-refractivity contribution < 1.29 is 13.2 Å². The lowest BCUT2D eigenvalue weighted by Crippen LogP contribution is -2.44. The van der Waals surface area contributed by atoms with E-state index in [0.717, 1.165) is 24.1 Å². The van der Waals surface area contributed by atoms with Crippen LogP contribution in [0.5, 0.6) is 5.88 Å².